The van der Waals surface area contributed by atoms with E-state index in [9.17, 15) is 4.79 Å². The zero-order valence-corrected chi connectivity index (χ0v) is 14.7. The van der Waals surface area contributed by atoms with Crippen LogP contribution in [0.1, 0.15) is 21.8 Å². The number of nitrogens with zero attached hydrogens (tertiary/aromatic N) is 2. The van der Waals surface area contributed by atoms with Crippen LogP contribution in [-0.4, -0.2) is 30.1 Å². The molecule has 0 bridgehead atoms. The van der Waals surface area contributed by atoms with Gasteiger partial charge in [0, 0.05) is 34.8 Å². The van der Waals surface area contributed by atoms with Gasteiger partial charge in [0.1, 0.15) is 9.92 Å². The van der Waals surface area contributed by atoms with Crippen LogP contribution in [0.15, 0.2) is 38.4 Å². The summed E-state index contributed by atoms with van der Waals surface area (Å²) in [5.41, 5.74) is 2.57. The number of para-hydroxylation sites is 1. The summed E-state index contributed by atoms with van der Waals surface area (Å²) >= 11 is 3.20. The standard InChI is InChI=1S/C16H16N2O3S2/c1-10-8-22-16(17-10)23-9-12-11-6-4-5-7-13(11)21-14(12)15(19)18(2)20-3/h4-8H,9H2,1-3H3. The van der Waals surface area contributed by atoms with Gasteiger partial charge in [0.2, 0.25) is 0 Å². The number of furan rings is 1. The molecule has 0 aliphatic carbocycles. The molecule has 3 aromatic rings. The lowest BCUT2D eigenvalue weighted by Gasteiger charge is -2.12. The topological polar surface area (TPSA) is 55.6 Å². The van der Waals surface area contributed by atoms with E-state index >= 15 is 0 Å². The molecule has 3 rings (SSSR count). The van der Waals surface area contributed by atoms with Crippen molar-refractivity contribution in [1.82, 2.24) is 10.0 Å². The number of carbonyl (C=O) groups excluding carboxylic acids is 1. The predicted octanol–water partition coefficient (Wildman–Crippen LogP) is 4.12. The van der Waals surface area contributed by atoms with E-state index in [4.69, 9.17) is 9.25 Å². The lowest BCUT2D eigenvalue weighted by atomic mass is 10.1. The van der Waals surface area contributed by atoms with Crippen LogP contribution in [0.25, 0.3) is 11.0 Å². The fourth-order valence-corrected chi connectivity index (χ4v) is 4.05. The molecule has 7 heteroatoms. The maximum Gasteiger partial charge on any atom is 0.313 e. The van der Waals surface area contributed by atoms with Crippen molar-refractivity contribution in [3.8, 4) is 0 Å². The Hall–Kier alpha value is -1.83. The number of carbonyl (C=O) groups is 1. The molecule has 0 unspecified atom stereocenters. The van der Waals surface area contributed by atoms with Gasteiger partial charge in [-0.15, -0.1) is 11.3 Å². The van der Waals surface area contributed by atoms with Gasteiger partial charge in [-0.1, -0.05) is 30.0 Å². The highest BCUT2D eigenvalue weighted by Crippen LogP contribution is 2.33. The van der Waals surface area contributed by atoms with Gasteiger partial charge in [0.15, 0.2) is 5.76 Å². The second kappa shape index (κ2) is 6.74. The molecule has 0 aliphatic heterocycles. The predicted molar refractivity (Wildman–Crippen MR) is 91.7 cm³/mol. The van der Waals surface area contributed by atoms with Crippen molar-refractivity contribution in [2.24, 2.45) is 0 Å². The number of hydrogen-bond acceptors (Lipinski definition) is 6. The molecule has 23 heavy (non-hydrogen) atoms. The first-order valence-electron chi connectivity index (χ1n) is 6.97. The molecule has 0 fully saturated rings. The van der Waals surface area contributed by atoms with Crippen molar-refractivity contribution < 1.29 is 14.0 Å². The highest BCUT2D eigenvalue weighted by atomic mass is 32.2. The van der Waals surface area contributed by atoms with E-state index in [1.165, 1.54) is 12.2 Å². The summed E-state index contributed by atoms with van der Waals surface area (Å²) in [6, 6.07) is 7.65. The Labute approximate surface area is 142 Å². The SMILES string of the molecule is CON(C)C(=O)c1oc2ccccc2c1CSc1nc(C)cs1. The number of thiazole rings is 1. The summed E-state index contributed by atoms with van der Waals surface area (Å²) in [5, 5.41) is 4.13. The third-order valence-corrected chi connectivity index (χ3v) is 5.56. The van der Waals surface area contributed by atoms with Crippen molar-refractivity contribution >= 4 is 40.0 Å². The molecule has 0 N–H and O–H groups in total. The largest absolute Gasteiger partial charge is 0.450 e. The summed E-state index contributed by atoms with van der Waals surface area (Å²) < 4.78 is 6.75. The van der Waals surface area contributed by atoms with Gasteiger partial charge in [-0.05, 0) is 13.0 Å². The van der Waals surface area contributed by atoms with Crippen LogP contribution in [0.5, 0.6) is 0 Å². The molecule has 1 aromatic carbocycles. The number of benzene rings is 1. The average Bonchev–Trinajstić information content (AvgIpc) is 3.14. The maximum atomic E-state index is 12.5. The minimum absolute atomic E-state index is 0.297. The highest BCUT2D eigenvalue weighted by molar-refractivity contribution is 8.00. The van der Waals surface area contributed by atoms with Crippen LogP contribution in [0.3, 0.4) is 0 Å². The zero-order chi connectivity index (χ0) is 16.4. The first kappa shape index (κ1) is 16.0. The van der Waals surface area contributed by atoms with Gasteiger partial charge in [0.05, 0.1) is 7.11 Å². The summed E-state index contributed by atoms with van der Waals surface area (Å²) in [6.07, 6.45) is 0. The summed E-state index contributed by atoms with van der Waals surface area (Å²) in [7, 11) is 3.02. The molecule has 0 atom stereocenters. The lowest BCUT2D eigenvalue weighted by molar-refractivity contribution is -0.0773. The van der Waals surface area contributed by atoms with Crippen LogP contribution in [0.2, 0.25) is 0 Å². The Morgan fingerprint density at radius 2 is 2.22 bits per heavy atom. The van der Waals surface area contributed by atoms with Gasteiger partial charge >= 0.3 is 5.91 Å². The quantitative estimate of drug-likeness (QED) is 0.513. The fourth-order valence-electron chi connectivity index (χ4n) is 2.17. The summed E-state index contributed by atoms with van der Waals surface area (Å²) in [6.45, 7) is 1.97. The zero-order valence-electron chi connectivity index (χ0n) is 13.0. The number of amides is 1. The number of aryl methyl sites for hydroxylation is 1. The normalized spacial score (nSPS) is 11.1. The second-order valence-electron chi connectivity index (χ2n) is 4.93. The molecule has 0 spiro atoms. The van der Waals surface area contributed by atoms with E-state index in [2.05, 4.69) is 4.98 Å². The van der Waals surface area contributed by atoms with E-state index in [0.717, 1.165) is 21.0 Å². The second-order valence-corrected chi connectivity index (χ2v) is 7.02. The molecule has 0 radical (unpaired) electrons. The molecule has 0 saturated heterocycles. The molecule has 0 saturated carbocycles. The van der Waals surface area contributed by atoms with E-state index in [-0.39, 0.29) is 5.91 Å². The Balaban J connectivity index is 1.97. The van der Waals surface area contributed by atoms with Gasteiger partial charge in [-0.2, -0.15) is 0 Å². The molecule has 2 heterocycles. The maximum absolute atomic E-state index is 12.5. The summed E-state index contributed by atoms with van der Waals surface area (Å²) in [5.74, 6) is 0.633. The average molecular weight is 348 g/mol. The Bertz CT molecular complexity index is 841. The van der Waals surface area contributed by atoms with Crippen LogP contribution in [-0.2, 0) is 10.6 Å². The third kappa shape index (κ3) is 3.26. The number of thioether (sulfide) groups is 1. The van der Waals surface area contributed by atoms with Crippen molar-refractivity contribution in [2.75, 3.05) is 14.2 Å². The van der Waals surface area contributed by atoms with Crippen molar-refractivity contribution in [1.29, 1.82) is 0 Å². The minimum Gasteiger partial charge on any atom is -0.450 e. The van der Waals surface area contributed by atoms with Crippen LogP contribution in [0.4, 0.5) is 0 Å². The number of hydrogen-bond donors (Lipinski definition) is 0. The van der Waals surface area contributed by atoms with Crippen molar-refractivity contribution in [3.05, 3.63) is 46.7 Å². The first-order valence-corrected chi connectivity index (χ1v) is 8.84. The van der Waals surface area contributed by atoms with Crippen molar-refractivity contribution in [3.63, 3.8) is 0 Å². The van der Waals surface area contributed by atoms with E-state index in [1.807, 2.05) is 36.6 Å². The molecule has 0 aliphatic rings. The molecular weight excluding hydrogens is 332 g/mol. The molecular formula is C16H16N2O3S2. The van der Waals surface area contributed by atoms with E-state index in [0.29, 0.717) is 17.1 Å². The highest BCUT2D eigenvalue weighted by Gasteiger charge is 2.23. The van der Waals surface area contributed by atoms with E-state index in [1.54, 1.807) is 30.1 Å². The molecule has 120 valence electrons. The van der Waals surface area contributed by atoms with Gasteiger partial charge in [-0.3, -0.25) is 9.63 Å². The Kier molecular flexibility index (Phi) is 4.70. The van der Waals surface area contributed by atoms with Gasteiger partial charge in [0.25, 0.3) is 0 Å². The Morgan fingerprint density at radius 3 is 2.91 bits per heavy atom. The Morgan fingerprint density at radius 1 is 1.43 bits per heavy atom. The monoisotopic (exact) mass is 348 g/mol. The molecule has 2 aromatic heterocycles. The number of rotatable bonds is 5. The van der Waals surface area contributed by atoms with Gasteiger partial charge in [-0.25, -0.2) is 10.0 Å². The van der Waals surface area contributed by atoms with E-state index < -0.39 is 0 Å². The molecule has 1 amide bonds. The smallest absolute Gasteiger partial charge is 0.313 e. The van der Waals surface area contributed by atoms with Crippen LogP contribution >= 0.6 is 23.1 Å². The van der Waals surface area contributed by atoms with Crippen molar-refractivity contribution in [2.45, 2.75) is 17.0 Å². The number of aromatic nitrogens is 1. The third-order valence-electron chi connectivity index (χ3n) is 3.39. The van der Waals surface area contributed by atoms with Gasteiger partial charge < -0.3 is 4.42 Å². The lowest BCUT2D eigenvalue weighted by Crippen LogP contribution is -2.25. The number of fused-ring (bicyclic) bond motifs is 1. The summed E-state index contributed by atoms with van der Waals surface area (Å²) in [4.78, 5) is 21.9. The fraction of sp³-hybridized carbons (Fsp3) is 0.250. The number of hydroxylamine groups is 2. The minimum atomic E-state index is -0.297. The van der Waals surface area contributed by atoms with Crippen LogP contribution in [0, 0.1) is 6.92 Å². The van der Waals surface area contributed by atoms with Crippen LogP contribution < -0.4 is 0 Å². The first-order chi connectivity index (χ1) is 11.1. The molecule has 5 nitrogen and oxygen atoms in total.